The summed E-state index contributed by atoms with van der Waals surface area (Å²) >= 11 is 3.41. The molecular weight excluding hydrogens is 460 g/mol. The maximum atomic E-state index is 11.3. The number of carboxylic acid groups (broad SMARTS) is 1. The molecule has 0 aliphatic carbocycles. The van der Waals surface area contributed by atoms with Gasteiger partial charge in [-0.15, -0.1) is 0 Å². The second-order valence-corrected chi connectivity index (χ2v) is 8.76. The van der Waals surface area contributed by atoms with Crippen LogP contribution in [-0.2, 0) is 30.5 Å². The number of hydrogen-bond acceptors (Lipinski definition) is 6. The molecule has 1 unspecified atom stereocenters. The zero-order chi connectivity index (χ0) is 21.6. The minimum Gasteiger partial charge on any atom is -0.481 e. The Morgan fingerprint density at radius 2 is 2.00 bits per heavy atom. The number of aliphatic carboxylic acids is 1. The molecule has 3 aromatic rings. The van der Waals surface area contributed by atoms with Gasteiger partial charge in [0.05, 0.1) is 6.42 Å². The fraction of sp³-hybridized carbons (Fsp3) is 0.391. The number of halogens is 1. The number of fused-ring (bicyclic) bond motifs is 1. The molecule has 1 aliphatic heterocycles. The fourth-order valence-electron chi connectivity index (χ4n) is 3.87. The number of aromatic nitrogens is 3. The first-order chi connectivity index (χ1) is 15.1. The van der Waals surface area contributed by atoms with Crippen molar-refractivity contribution in [1.82, 2.24) is 15.1 Å². The Labute approximate surface area is 189 Å². The van der Waals surface area contributed by atoms with Gasteiger partial charge >= 0.3 is 5.97 Å². The number of nitrogens with one attached hydrogen (secondary N) is 1. The summed E-state index contributed by atoms with van der Waals surface area (Å²) in [5.41, 5.74) is 3.30. The van der Waals surface area contributed by atoms with E-state index < -0.39 is 5.97 Å². The summed E-state index contributed by atoms with van der Waals surface area (Å²) in [5.74, 6) is 1.07. The summed E-state index contributed by atoms with van der Waals surface area (Å²) in [6.07, 6.45) is 5.07. The Morgan fingerprint density at radius 1 is 1.16 bits per heavy atom. The second-order valence-electron chi connectivity index (χ2n) is 7.85. The molecule has 0 fully saturated rings. The molecule has 7 nitrogen and oxygen atoms in total. The van der Waals surface area contributed by atoms with Crippen molar-refractivity contribution in [2.75, 3.05) is 11.9 Å². The Bertz CT molecular complexity index is 1040. The highest BCUT2D eigenvalue weighted by Crippen LogP contribution is 2.26. The summed E-state index contributed by atoms with van der Waals surface area (Å²) in [7, 11) is 0. The van der Waals surface area contributed by atoms with Crippen LogP contribution in [0.25, 0.3) is 0 Å². The summed E-state index contributed by atoms with van der Waals surface area (Å²) in [6.45, 7) is 0.984. The molecule has 0 spiro atoms. The van der Waals surface area contributed by atoms with Gasteiger partial charge in [0, 0.05) is 35.5 Å². The maximum Gasteiger partial charge on any atom is 0.303 e. The van der Waals surface area contributed by atoms with Crippen molar-refractivity contribution in [3.05, 3.63) is 69.4 Å². The number of rotatable bonds is 9. The minimum atomic E-state index is -0.848. The average molecular weight is 485 g/mol. The van der Waals surface area contributed by atoms with Gasteiger partial charge in [-0.3, -0.25) is 4.79 Å². The van der Waals surface area contributed by atoms with Gasteiger partial charge in [-0.05, 0) is 55.0 Å². The van der Waals surface area contributed by atoms with Crippen LogP contribution in [0.3, 0.4) is 0 Å². The smallest absolute Gasteiger partial charge is 0.303 e. The van der Waals surface area contributed by atoms with Crippen molar-refractivity contribution in [3.63, 3.8) is 0 Å². The summed E-state index contributed by atoms with van der Waals surface area (Å²) < 4.78 is 6.36. The van der Waals surface area contributed by atoms with Crippen molar-refractivity contribution in [1.29, 1.82) is 0 Å². The topological polar surface area (TPSA) is 101 Å². The van der Waals surface area contributed by atoms with E-state index >= 15 is 0 Å². The third-order valence-electron chi connectivity index (χ3n) is 5.48. The quantitative estimate of drug-likeness (QED) is 0.458. The van der Waals surface area contributed by atoms with Crippen molar-refractivity contribution >= 4 is 27.7 Å². The van der Waals surface area contributed by atoms with E-state index in [2.05, 4.69) is 43.5 Å². The number of carbonyl (C=O) groups is 1. The zero-order valence-corrected chi connectivity index (χ0v) is 18.8. The van der Waals surface area contributed by atoms with Gasteiger partial charge in [-0.1, -0.05) is 39.3 Å². The van der Waals surface area contributed by atoms with Crippen molar-refractivity contribution in [3.8, 4) is 0 Å². The lowest BCUT2D eigenvalue weighted by atomic mass is 9.92. The number of nitrogens with zero attached hydrogens (tertiary/aromatic N) is 3. The van der Waals surface area contributed by atoms with Crippen LogP contribution in [0.2, 0.25) is 0 Å². The monoisotopic (exact) mass is 484 g/mol. The number of aryl methyl sites for hydroxylation is 3. The standard InChI is InChI=1S/C23H25BrN4O3/c24-18-9-6-15(7-10-18)17(14-22(29)30)13-21-27-20(28-31-21)5-1-4-19-11-8-16-3-2-12-25-23(16)26-19/h6-11,17H,1-5,12-14H2,(H,25,26)(H,29,30). The summed E-state index contributed by atoms with van der Waals surface area (Å²) in [5, 5.41) is 16.7. The Balaban J connectivity index is 1.33. The van der Waals surface area contributed by atoms with Crippen molar-refractivity contribution < 1.29 is 14.4 Å². The molecule has 31 heavy (non-hydrogen) atoms. The molecule has 0 bridgehead atoms. The van der Waals surface area contributed by atoms with Gasteiger partial charge in [0.1, 0.15) is 5.82 Å². The summed E-state index contributed by atoms with van der Waals surface area (Å²) in [6, 6.07) is 11.9. The van der Waals surface area contributed by atoms with Crippen LogP contribution in [0, 0.1) is 0 Å². The van der Waals surface area contributed by atoms with Gasteiger partial charge in [0.2, 0.25) is 5.89 Å². The van der Waals surface area contributed by atoms with Crippen LogP contribution in [-0.4, -0.2) is 32.7 Å². The van der Waals surface area contributed by atoms with E-state index in [-0.39, 0.29) is 12.3 Å². The molecule has 8 heteroatoms. The second kappa shape index (κ2) is 10.0. The van der Waals surface area contributed by atoms with Crippen LogP contribution < -0.4 is 5.32 Å². The summed E-state index contributed by atoms with van der Waals surface area (Å²) in [4.78, 5) is 20.5. The van der Waals surface area contributed by atoms with Crippen LogP contribution in [0.15, 0.2) is 45.4 Å². The lowest BCUT2D eigenvalue weighted by Crippen LogP contribution is -2.14. The molecule has 2 N–H and O–H groups in total. The van der Waals surface area contributed by atoms with E-state index in [0.29, 0.717) is 24.6 Å². The van der Waals surface area contributed by atoms with E-state index in [0.717, 1.165) is 53.8 Å². The van der Waals surface area contributed by atoms with Gasteiger partial charge in [0.25, 0.3) is 0 Å². The van der Waals surface area contributed by atoms with E-state index in [1.165, 1.54) is 5.56 Å². The van der Waals surface area contributed by atoms with Crippen LogP contribution in [0.1, 0.15) is 53.7 Å². The first kappa shape index (κ1) is 21.5. The molecule has 0 saturated heterocycles. The Hall–Kier alpha value is -2.74. The molecular formula is C23H25BrN4O3. The van der Waals surface area contributed by atoms with E-state index in [1.54, 1.807) is 0 Å². The van der Waals surface area contributed by atoms with Crippen molar-refractivity contribution in [2.45, 2.75) is 50.9 Å². The lowest BCUT2D eigenvalue weighted by molar-refractivity contribution is -0.137. The molecule has 1 aromatic carbocycles. The lowest BCUT2D eigenvalue weighted by Gasteiger charge is -2.17. The number of benzene rings is 1. The number of pyridine rings is 1. The van der Waals surface area contributed by atoms with Crippen LogP contribution in [0.4, 0.5) is 5.82 Å². The van der Waals surface area contributed by atoms with E-state index in [1.807, 2.05) is 24.3 Å². The third kappa shape index (κ3) is 5.91. The molecule has 162 valence electrons. The fourth-order valence-corrected chi connectivity index (χ4v) is 4.14. The molecule has 0 saturated carbocycles. The largest absolute Gasteiger partial charge is 0.481 e. The third-order valence-corrected chi connectivity index (χ3v) is 6.01. The normalized spacial score (nSPS) is 14.0. The minimum absolute atomic E-state index is 0.0113. The Morgan fingerprint density at radius 3 is 2.81 bits per heavy atom. The van der Waals surface area contributed by atoms with E-state index in [9.17, 15) is 9.90 Å². The predicted octanol–water partition coefficient (Wildman–Crippen LogP) is 4.56. The molecule has 0 radical (unpaired) electrons. The predicted molar refractivity (Wildman–Crippen MR) is 120 cm³/mol. The van der Waals surface area contributed by atoms with Gasteiger partial charge < -0.3 is 14.9 Å². The van der Waals surface area contributed by atoms with E-state index in [4.69, 9.17) is 9.51 Å². The Kier molecular flexibility index (Phi) is 6.96. The first-order valence-corrected chi connectivity index (χ1v) is 11.4. The molecule has 2 aromatic heterocycles. The highest BCUT2D eigenvalue weighted by atomic mass is 79.9. The van der Waals surface area contributed by atoms with Gasteiger partial charge in [-0.2, -0.15) is 4.98 Å². The maximum absolute atomic E-state index is 11.3. The number of hydrogen-bond donors (Lipinski definition) is 2. The van der Waals surface area contributed by atoms with Crippen LogP contribution in [0.5, 0.6) is 0 Å². The number of carboxylic acids is 1. The highest BCUT2D eigenvalue weighted by molar-refractivity contribution is 9.10. The van der Waals surface area contributed by atoms with Gasteiger partial charge in [0.15, 0.2) is 5.82 Å². The first-order valence-electron chi connectivity index (χ1n) is 10.6. The molecule has 1 atom stereocenters. The molecule has 3 heterocycles. The molecule has 0 amide bonds. The SMILES string of the molecule is O=C(O)CC(Cc1nc(CCCc2ccc3c(n2)NCCC3)no1)c1ccc(Br)cc1. The van der Waals surface area contributed by atoms with Crippen LogP contribution >= 0.6 is 15.9 Å². The number of anilines is 1. The molecule has 1 aliphatic rings. The zero-order valence-electron chi connectivity index (χ0n) is 17.2. The van der Waals surface area contributed by atoms with Gasteiger partial charge in [-0.25, -0.2) is 4.98 Å². The highest BCUT2D eigenvalue weighted by Gasteiger charge is 2.20. The average Bonchev–Trinajstić information content (AvgIpc) is 3.20. The van der Waals surface area contributed by atoms with Crippen molar-refractivity contribution in [2.24, 2.45) is 0 Å². The molecule has 4 rings (SSSR count).